The molecule has 3 rings (SSSR count). The number of benzene rings is 2. The Kier molecular flexibility index (Phi) is 2.90. The quantitative estimate of drug-likeness (QED) is 0.797. The topological polar surface area (TPSA) is 18.5 Å². The minimum atomic E-state index is -0.637. The lowest BCUT2D eigenvalue weighted by molar-refractivity contribution is -0.162. The Morgan fingerprint density at radius 1 is 0.944 bits per heavy atom. The highest BCUT2D eigenvalue weighted by Gasteiger charge is 2.39. The van der Waals surface area contributed by atoms with Crippen LogP contribution < -0.4 is 0 Å². The molecule has 1 aliphatic rings. The van der Waals surface area contributed by atoms with Gasteiger partial charge in [-0.25, -0.2) is 0 Å². The Hall–Kier alpha value is -1.64. The number of ether oxygens (including phenoxy) is 2. The van der Waals surface area contributed by atoms with Crippen molar-refractivity contribution < 1.29 is 9.47 Å². The molecule has 2 atom stereocenters. The first-order chi connectivity index (χ1) is 8.78. The van der Waals surface area contributed by atoms with Gasteiger partial charge in [0, 0.05) is 5.56 Å². The van der Waals surface area contributed by atoms with Crippen molar-refractivity contribution in [3.05, 3.63) is 71.8 Å². The second-order valence-electron chi connectivity index (χ2n) is 4.64. The highest BCUT2D eigenvalue weighted by molar-refractivity contribution is 5.23. The first-order valence-corrected chi connectivity index (χ1v) is 6.20. The Labute approximate surface area is 107 Å². The van der Waals surface area contributed by atoms with Gasteiger partial charge in [0.15, 0.2) is 5.79 Å². The van der Waals surface area contributed by atoms with Crippen molar-refractivity contribution in [2.24, 2.45) is 0 Å². The Morgan fingerprint density at radius 3 is 2.22 bits per heavy atom. The van der Waals surface area contributed by atoms with Crippen LogP contribution in [0.2, 0.25) is 0 Å². The lowest BCUT2D eigenvalue weighted by Gasteiger charge is -2.23. The van der Waals surface area contributed by atoms with Gasteiger partial charge in [0.1, 0.15) is 6.10 Å². The Bertz CT molecular complexity index is 509. The average Bonchev–Trinajstić information content (AvgIpc) is 2.85. The lowest BCUT2D eigenvalue weighted by Crippen LogP contribution is -2.22. The predicted molar refractivity (Wildman–Crippen MR) is 70.0 cm³/mol. The molecular formula is C16H16O2. The van der Waals surface area contributed by atoms with Crippen LogP contribution in [-0.4, -0.2) is 6.61 Å². The van der Waals surface area contributed by atoms with E-state index in [2.05, 4.69) is 12.1 Å². The fourth-order valence-electron chi connectivity index (χ4n) is 2.30. The maximum Gasteiger partial charge on any atom is 0.192 e. The van der Waals surface area contributed by atoms with E-state index in [0.717, 1.165) is 11.1 Å². The first kappa shape index (κ1) is 11.5. The van der Waals surface area contributed by atoms with E-state index >= 15 is 0 Å². The minimum Gasteiger partial charge on any atom is -0.343 e. The highest BCUT2D eigenvalue weighted by atomic mass is 16.7. The van der Waals surface area contributed by atoms with E-state index in [4.69, 9.17) is 9.47 Å². The second kappa shape index (κ2) is 4.56. The molecule has 0 unspecified atom stereocenters. The summed E-state index contributed by atoms with van der Waals surface area (Å²) in [6.07, 6.45) is 0.0106. The van der Waals surface area contributed by atoms with Gasteiger partial charge in [-0.05, 0) is 12.5 Å². The molecule has 18 heavy (non-hydrogen) atoms. The molecule has 0 aromatic heterocycles. The van der Waals surface area contributed by atoms with Crippen molar-refractivity contribution in [1.82, 2.24) is 0 Å². The van der Waals surface area contributed by atoms with Crippen molar-refractivity contribution in [3.8, 4) is 0 Å². The molecule has 0 aliphatic carbocycles. The maximum atomic E-state index is 6.10. The summed E-state index contributed by atoms with van der Waals surface area (Å²) in [5.41, 5.74) is 2.22. The van der Waals surface area contributed by atoms with E-state index < -0.39 is 5.79 Å². The molecule has 1 aliphatic heterocycles. The molecule has 0 amide bonds. The number of hydrogen-bond acceptors (Lipinski definition) is 2. The van der Waals surface area contributed by atoms with Crippen molar-refractivity contribution in [2.45, 2.75) is 18.8 Å². The first-order valence-electron chi connectivity index (χ1n) is 6.20. The average molecular weight is 240 g/mol. The van der Waals surface area contributed by atoms with E-state index in [9.17, 15) is 0 Å². The van der Waals surface area contributed by atoms with Gasteiger partial charge in [0.25, 0.3) is 0 Å². The van der Waals surface area contributed by atoms with E-state index in [0.29, 0.717) is 6.61 Å². The molecule has 2 heteroatoms. The largest absolute Gasteiger partial charge is 0.343 e. The third-order valence-electron chi connectivity index (χ3n) is 3.35. The van der Waals surface area contributed by atoms with E-state index in [1.807, 2.05) is 55.5 Å². The van der Waals surface area contributed by atoms with Crippen LogP contribution in [0.4, 0.5) is 0 Å². The van der Waals surface area contributed by atoms with Gasteiger partial charge < -0.3 is 9.47 Å². The fraction of sp³-hybridized carbons (Fsp3) is 0.250. The van der Waals surface area contributed by atoms with Crippen LogP contribution in [0.5, 0.6) is 0 Å². The van der Waals surface area contributed by atoms with Gasteiger partial charge in [-0.2, -0.15) is 0 Å². The van der Waals surface area contributed by atoms with Crippen LogP contribution in [0, 0.1) is 0 Å². The maximum absolute atomic E-state index is 6.10. The molecule has 2 aromatic rings. The summed E-state index contributed by atoms with van der Waals surface area (Å²) >= 11 is 0. The highest BCUT2D eigenvalue weighted by Crippen LogP contribution is 2.39. The molecule has 2 nitrogen and oxygen atoms in total. The third kappa shape index (κ3) is 2.05. The summed E-state index contributed by atoms with van der Waals surface area (Å²) in [6, 6.07) is 20.3. The summed E-state index contributed by atoms with van der Waals surface area (Å²) in [5.74, 6) is -0.637. The summed E-state index contributed by atoms with van der Waals surface area (Å²) in [6.45, 7) is 2.57. The smallest absolute Gasteiger partial charge is 0.192 e. The Morgan fingerprint density at radius 2 is 1.56 bits per heavy atom. The molecular weight excluding hydrogens is 224 g/mol. The van der Waals surface area contributed by atoms with Gasteiger partial charge in [-0.1, -0.05) is 60.7 Å². The monoisotopic (exact) mass is 240 g/mol. The molecule has 1 fully saturated rings. The predicted octanol–water partition coefficient (Wildman–Crippen LogP) is 3.65. The molecule has 0 radical (unpaired) electrons. The zero-order valence-electron chi connectivity index (χ0n) is 10.4. The van der Waals surface area contributed by atoms with Crippen LogP contribution in [0.15, 0.2) is 60.7 Å². The third-order valence-corrected chi connectivity index (χ3v) is 3.35. The molecule has 1 heterocycles. The molecule has 0 saturated carbocycles. The molecule has 2 aromatic carbocycles. The van der Waals surface area contributed by atoms with Crippen LogP contribution in [0.25, 0.3) is 0 Å². The van der Waals surface area contributed by atoms with Crippen molar-refractivity contribution in [3.63, 3.8) is 0 Å². The van der Waals surface area contributed by atoms with Crippen LogP contribution >= 0.6 is 0 Å². The zero-order chi connectivity index (χ0) is 12.4. The summed E-state index contributed by atoms with van der Waals surface area (Å²) in [5, 5.41) is 0. The second-order valence-corrected chi connectivity index (χ2v) is 4.64. The van der Waals surface area contributed by atoms with Gasteiger partial charge in [-0.3, -0.25) is 0 Å². The Balaban J connectivity index is 1.83. The summed E-state index contributed by atoms with van der Waals surface area (Å²) in [7, 11) is 0. The molecule has 92 valence electrons. The van der Waals surface area contributed by atoms with Crippen molar-refractivity contribution in [1.29, 1.82) is 0 Å². The van der Waals surface area contributed by atoms with E-state index in [-0.39, 0.29) is 6.10 Å². The molecule has 0 spiro atoms. The fourth-order valence-corrected chi connectivity index (χ4v) is 2.30. The number of rotatable bonds is 2. The molecule has 1 saturated heterocycles. The summed E-state index contributed by atoms with van der Waals surface area (Å²) in [4.78, 5) is 0. The van der Waals surface area contributed by atoms with Gasteiger partial charge in [-0.15, -0.1) is 0 Å². The molecule has 0 N–H and O–H groups in total. The van der Waals surface area contributed by atoms with Crippen molar-refractivity contribution >= 4 is 0 Å². The van der Waals surface area contributed by atoms with Gasteiger partial charge >= 0.3 is 0 Å². The van der Waals surface area contributed by atoms with E-state index in [1.165, 1.54) is 0 Å². The number of hydrogen-bond donors (Lipinski definition) is 0. The summed E-state index contributed by atoms with van der Waals surface area (Å²) < 4.78 is 12.0. The normalized spacial score (nSPS) is 27.3. The standard InChI is InChI=1S/C16H16O2/c1-16(14-10-6-3-7-11-14)17-12-15(18-16)13-8-4-2-5-9-13/h2-11,15H,12H2,1H3/t15-,16-/m0/s1. The van der Waals surface area contributed by atoms with Crippen LogP contribution in [0.1, 0.15) is 24.2 Å². The van der Waals surface area contributed by atoms with E-state index in [1.54, 1.807) is 0 Å². The van der Waals surface area contributed by atoms with Gasteiger partial charge in [0.2, 0.25) is 0 Å². The zero-order valence-corrected chi connectivity index (χ0v) is 10.4. The lowest BCUT2D eigenvalue weighted by atomic mass is 10.1. The minimum absolute atomic E-state index is 0.0106. The van der Waals surface area contributed by atoms with Crippen LogP contribution in [0.3, 0.4) is 0 Å². The SMILES string of the molecule is C[C@]1(c2ccccc2)OC[C@@H](c2ccccc2)O1. The van der Waals surface area contributed by atoms with Crippen molar-refractivity contribution in [2.75, 3.05) is 6.61 Å². The van der Waals surface area contributed by atoms with Gasteiger partial charge in [0.05, 0.1) is 6.61 Å². The molecule has 0 bridgehead atoms. The van der Waals surface area contributed by atoms with Crippen LogP contribution in [-0.2, 0) is 15.3 Å².